The first-order valence-corrected chi connectivity index (χ1v) is 9.55. The molecule has 0 saturated carbocycles. The molecule has 1 N–H and O–H groups in total. The molecular weight excluding hydrogens is 354 g/mol. The maximum atomic E-state index is 12.4. The molecule has 6 nitrogen and oxygen atoms in total. The van der Waals surface area contributed by atoms with Crippen molar-refractivity contribution in [2.24, 2.45) is 0 Å². The molecule has 28 heavy (non-hydrogen) atoms. The molecule has 2 aromatic heterocycles. The van der Waals surface area contributed by atoms with Gasteiger partial charge in [-0.1, -0.05) is 12.1 Å². The van der Waals surface area contributed by atoms with E-state index in [9.17, 15) is 4.79 Å². The normalized spacial score (nSPS) is 10.8. The average molecular weight is 379 g/mol. The number of rotatable bonds is 10. The molecule has 0 saturated heterocycles. The highest BCUT2D eigenvalue weighted by Crippen LogP contribution is 2.14. The summed E-state index contributed by atoms with van der Waals surface area (Å²) >= 11 is 0. The Balaban J connectivity index is 1.50. The van der Waals surface area contributed by atoms with Crippen LogP contribution < -0.4 is 10.1 Å². The van der Waals surface area contributed by atoms with Gasteiger partial charge in [0.05, 0.1) is 17.6 Å². The van der Waals surface area contributed by atoms with E-state index in [0.717, 1.165) is 42.9 Å². The fourth-order valence-electron chi connectivity index (χ4n) is 2.74. The van der Waals surface area contributed by atoms with Gasteiger partial charge in [-0.15, -0.1) is 0 Å². The zero-order chi connectivity index (χ0) is 19.6. The summed E-state index contributed by atoms with van der Waals surface area (Å²) in [6, 6.07) is 14.9. The average Bonchev–Trinajstić information content (AvgIpc) is 2.74. The van der Waals surface area contributed by atoms with E-state index in [1.54, 1.807) is 24.4 Å². The molecule has 0 bridgehead atoms. The lowest BCUT2D eigenvalue weighted by atomic mass is 10.2. The van der Waals surface area contributed by atoms with Crippen molar-refractivity contribution in [1.29, 1.82) is 0 Å². The van der Waals surface area contributed by atoms with Crippen LogP contribution in [0.15, 0.2) is 54.7 Å². The zero-order valence-electron chi connectivity index (χ0n) is 16.1. The standard InChI is InChI=1S/C22H25N3O3/c1-2-27-13-3-4-14-28-18-8-5-7-17(15-18)16-24-22(26)21-11-10-19-20(25-21)9-6-12-23-19/h5-12,15H,2-4,13-14,16H2,1H3,(H,24,26). The molecule has 0 fully saturated rings. The van der Waals surface area contributed by atoms with Crippen LogP contribution in [-0.2, 0) is 11.3 Å². The van der Waals surface area contributed by atoms with Gasteiger partial charge >= 0.3 is 0 Å². The number of amides is 1. The number of hydrogen-bond donors (Lipinski definition) is 1. The van der Waals surface area contributed by atoms with E-state index in [0.29, 0.717) is 24.4 Å². The molecule has 146 valence electrons. The Morgan fingerprint density at radius 1 is 1.04 bits per heavy atom. The molecule has 0 unspecified atom stereocenters. The van der Waals surface area contributed by atoms with E-state index >= 15 is 0 Å². The lowest BCUT2D eigenvalue weighted by molar-refractivity contribution is 0.0946. The third-order valence-corrected chi connectivity index (χ3v) is 4.20. The molecule has 1 aromatic carbocycles. The smallest absolute Gasteiger partial charge is 0.270 e. The Morgan fingerprint density at radius 2 is 1.93 bits per heavy atom. The van der Waals surface area contributed by atoms with E-state index in [4.69, 9.17) is 9.47 Å². The molecule has 3 aromatic rings. The van der Waals surface area contributed by atoms with Gasteiger partial charge in [-0.3, -0.25) is 9.78 Å². The fraction of sp³-hybridized carbons (Fsp3) is 0.318. The van der Waals surface area contributed by atoms with Crippen LogP contribution in [-0.4, -0.2) is 35.7 Å². The van der Waals surface area contributed by atoms with Gasteiger partial charge in [0.2, 0.25) is 0 Å². The molecular formula is C22H25N3O3. The number of pyridine rings is 2. The summed E-state index contributed by atoms with van der Waals surface area (Å²) in [6.07, 6.45) is 3.64. The first-order chi connectivity index (χ1) is 13.8. The second kappa shape index (κ2) is 10.4. The Bertz CT molecular complexity index is 914. The second-order valence-corrected chi connectivity index (χ2v) is 6.32. The van der Waals surface area contributed by atoms with Gasteiger partial charge in [-0.25, -0.2) is 4.98 Å². The summed E-state index contributed by atoms with van der Waals surface area (Å²) in [5, 5.41) is 2.90. The van der Waals surface area contributed by atoms with Crippen molar-refractivity contribution in [3.05, 3.63) is 66.0 Å². The minimum absolute atomic E-state index is 0.215. The minimum Gasteiger partial charge on any atom is -0.494 e. The largest absolute Gasteiger partial charge is 0.494 e. The van der Waals surface area contributed by atoms with Crippen molar-refractivity contribution in [1.82, 2.24) is 15.3 Å². The van der Waals surface area contributed by atoms with Crippen LogP contribution in [0, 0.1) is 0 Å². The number of ether oxygens (including phenoxy) is 2. The van der Waals surface area contributed by atoms with Crippen LogP contribution in [0.1, 0.15) is 35.8 Å². The number of aromatic nitrogens is 2. The SMILES string of the molecule is CCOCCCCOc1cccc(CNC(=O)c2ccc3ncccc3n2)c1. The van der Waals surface area contributed by atoms with Crippen LogP contribution in [0.3, 0.4) is 0 Å². The topological polar surface area (TPSA) is 73.3 Å². The van der Waals surface area contributed by atoms with Crippen LogP contribution in [0.25, 0.3) is 11.0 Å². The van der Waals surface area contributed by atoms with Crippen molar-refractivity contribution in [2.45, 2.75) is 26.3 Å². The van der Waals surface area contributed by atoms with Crippen molar-refractivity contribution in [2.75, 3.05) is 19.8 Å². The van der Waals surface area contributed by atoms with Gasteiger partial charge in [0.1, 0.15) is 11.4 Å². The third kappa shape index (κ3) is 5.76. The van der Waals surface area contributed by atoms with Gasteiger partial charge in [-0.05, 0) is 61.7 Å². The fourth-order valence-corrected chi connectivity index (χ4v) is 2.74. The van der Waals surface area contributed by atoms with Crippen molar-refractivity contribution >= 4 is 16.9 Å². The first kappa shape index (κ1) is 19.8. The minimum atomic E-state index is -0.215. The number of carbonyl (C=O) groups is 1. The summed E-state index contributed by atoms with van der Waals surface area (Å²) in [5.74, 6) is 0.589. The number of benzene rings is 1. The molecule has 6 heteroatoms. The van der Waals surface area contributed by atoms with E-state index in [1.807, 2.05) is 37.3 Å². The molecule has 2 heterocycles. The second-order valence-electron chi connectivity index (χ2n) is 6.32. The molecule has 1 amide bonds. The van der Waals surface area contributed by atoms with Crippen LogP contribution in [0.4, 0.5) is 0 Å². The van der Waals surface area contributed by atoms with Gasteiger partial charge in [0.25, 0.3) is 5.91 Å². The van der Waals surface area contributed by atoms with Crippen molar-refractivity contribution in [3.8, 4) is 5.75 Å². The van der Waals surface area contributed by atoms with E-state index in [-0.39, 0.29) is 5.91 Å². The molecule has 0 aliphatic carbocycles. The third-order valence-electron chi connectivity index (χ3n) is 4.20. The summed E-state index contributed by atoms with van der Waals surface area (Å²) in [5.41, 5.74) is 2.82. The highest BCUT2D eigenvalue weighted by Gasteiger charge is 2.08. The molecule has 0 spiro atoms. The monoisotopic (exact) mass is 379 g/mol. The highest BCUT2D eigenvalue weighted by molar-refractivity contribution is 5.94. The molecule has 0 aliphatic rings. The summed E-state index contributed by atoms with van der Waals surface area (Å²) in [4.78, 5) is 21.0. The quantitative estimate of drug-likeness (QED) is 0.543. The number of hydrogen-bond acceptors (Lipinski definition) is 5. The number of nitrogens with zero attached hydrogens (tertiary/aromatic N) is 2. The van der Waals surface area contributed by atoms with Gasteiger partial charge in [0, 0.05) is 26.0 Å². The highest BCUT2D eigenvalue weighted by atomic mass is 16.5. The van der Waals surface area contributed by atoms with Crippen molar-refractivity contribution in [3.63, 3.8) is 0 Å². The van der Waals surface area contributed by atoms with Gasteiger partial charge < -0.3 is 14.8 Å². The van der Waals surface area contributed by atoms with Crippen LogP contribution in [0.5, 0.6) is 5.75 Å². The number of carbonyl (C=O) groups excluding carboxylic acids is 1. The maximum Gasteiger partial charge on any atom is 0.270 e. The Labute approximate surface area is 164 Å². The van der Waals surface area contributed by atoms with E-state index < -0.39 is 0 Å². The number of nitrogens with one attached hydrogen (secondary N) is 1. The van der Waals surface area contributed by atoms with Crippen LogP contribution >= 0.6 is 0 Å². The van der Waals surface area contributed by atoms with Gasteiger partial charge in [0.15, 0.2) is 0 Å². The Kier molecular flexibility index (Phi) is 7.32. The predicted molar refractivity (Wildman–Crippen MR) is 108 cm³/mol. The number of fused-ring (bicyclic) bond motifs is 1. The maximum absolute atomic E-state index is 12.4. The lowest BCUT2D eigenvalue weighted by Gasteiger charge is -2.09. The lowest BCUT2D eigenvalue weighted by Crippen LogP contribution is -2.23. The van der Waals surface area contributed by atoms with Crippen molar-refractivity contribution < 1.29 is 14.3 Å². The van der Waals surface area contributed by atoms with E-state index in [2.05, 4.69) is 15.3 Å². The Hall–Kier alpha value is -2.99. The molecule has 3 rings (SSSR count). The first-order valence-electron chi connectivity index (χ1n) is 9.55. The molecule has 0 atom stereocenters. The number of unbranched alkanes of at least 4 members (excludes halogenated alkanes) is 1. The summed E-state index contributed by atoms with van der Waals surface area (Å²) in [6.45, 7) is 4.57. The predicted octanol–water partition coefficient (Wildman–Crippen LogP) is 3.76. The summed E-state index contributed by atoms with van der Waals surface area (Å²) < 4.78 is 11.1. The van der Waals surface area contributed by atoms with Gasteiger partial charge in [-0.2, -0.15) is 0 Å². The van der Waals surface area contributed by atoms with Crippen LogP contribution in [0.2, 0.25) is 0 Å². The van der Waals surface area contributed by atoms with E-state index in [1.165, 1.54) is 0 Å². The molecule has 0 aliphatic heterocycles. The summed E-state index contributed by atoms with van der Waals surface area (Å²) in [7, 11) is 0. The Morgan fingerprint density at radius 3 is 2.82 bits per heavy atom. The molecule has 0 radical (unpaired) electrons. The zero-order valence-corrected chi connectivity index (χ0v) is 16.1.